The van der Waals surface area contributed by atoms with Crippen LogP contribution in [0.25, 0.3) is 0 Å². The van der Waals surface area contributed by atoms with Gasteiger partial charge in [-0.25, -0.2) is 0 Å². The molecule has 0 aromatic rings. The fourth-order valence-electron chi connectivity index (χ4n) is 0.910. The van der Waals surface area contributed by atoms with Crippen molar-refractivity contribution in [3.8, 4) is 0 Å². The Bertz CT molecular complexity index is 161. The Hall–Kier alpha value is 1.89. The van der Waals surface area contributed by atoms with Crippen molar-refractivity contribution in [2.75, 3.05) is 6.16 Å². The summed E-state index contributed by atoms with van der Waals surface area (Å²) in [5.74, 6) is 0. The van der Waals surface area contributed by atoms with Crippen molar-refractivity contribution in [3.63, 3.8) is 0 Å². The standard InChI is InChI=1S/C5H10O4P3.U/c6-3-1-9-4(5(3)7)2-10-12-11-8;/h1,3-7,10,12H,2H2;/q-1;/t3-,4+,5-;/m0./s1. The first-order chi connectivity index (χ1) is 5.75. The molecular weight excluding hydrogens is 455 g/mol. The number of rotatable bonds is 4. The summed E-state index contributed by atoms with van der Waals surface area (Å²) >= 11 is 0. The van der Waals surface area contributed by atoms with Crippen LogP contribution in [0, 0.1) is 37.7 Å². The van der Waals surface area contributed by atoms with Gasteiger partial charge in [-0.3, -0.25) is 4.57 Å². The van der Waals surface area contributed by atoms with Crippen LogP contribution in [0.4, 0.5) is 0 Å². The van der Waals surface area contributed by atoms with Gasteiger partial charge in [0.05, 0.1) is 12.2 Å². The summed E-state index contributed by atoms with van der Waals surface area (Å²) in [7, 11) is 1.07. The van der Waals surface area contributed by atoms with Crippen LogP contribution < -0.4 is 0 Å². The molecule has 1 aliphatic rings. The first kappa shape index (κ1) is 14.9. The predicted octanol–water partition coefficient (Wildman–Crippen LogP) is 0.747. The number of ether oxygens (including phenoxy) is 1. The van der Waals surface area contributed by atoms with Gasteiger partial charge in [0.2, 0.25) is 0 Å². The molecule has 74 valence electrons. The Morgan fingerprint density at radius 1 is 1.54 bits per heavy atom. The summed E-state index contributed by atoms with van der Waals surface area (Å²) in [5, 5.41) is 18.3. The normalized spacial score (nSPS) is 35.1. The predicted molar refractivity (Wildman–Crippen MR) is 50.3 cm³/mol. The average Bonchev–Trinajstić information content (AvgIpc) is 2.36. The second-order valence-electron chi connectivity index (χ2n) is 2.38. The van der Waals surface area contributed by atoms with Crippen LogP contribution in [0.2, 0.25) is 0 Å². The number of aliphatic hydroxyl groups is 2. The summed E-state index contributed by atoms with van der Waals surface area (Å²) in [6.07, 6.45) is -1.33. The minimum absolute atomic E-state index is 0. The molecule has 13 heavy (non-hydrogen) atoms. The molecule has 0 radical (unpaired) electrons. The van der Waals surface area contributed by atoms with E-state index in [2.05, 4.69) is 0 Å². The van der Waals surface area contributed by atoms with Crippen molar-refractivity contribution >= 4 is 24.4 Å². The first-order valence-electron chi connectivity index (χ1n) is 3.41. The maximum absolute atomic E-state index is 10.1. The van der Waals surface area contributed by atoms with Crippen molar-refractivity contribution in [1.29, 1.82) is 0 Å². The summed E-state index contributed by atoms with van der Waals surface area (Å²) in [6.45, 7) is 1.25. The molecule has 5 atom stereocenters. The number of hydrogen-bond acceptors (Lipinski definition) is 4. The molecule has 2 N–H and O–H groups in total. The molecule has 0 aliphatic carbocycles. The molecule has 0 amide bonds. The number of hydrogen-bond donors (Lipinski definition) is 2. The van der Waals surface area contributed by atoms with Crippen LogP contribution in [0.15, 0.2) is 0 Å². The molecule has 0 bridgehead atoms. The van der Waals surface area contributed by atoms with Crippen LogP contribution in [0.1, 0.15) is 0 Å². The Kier molecular flexibility index (Phi) is 9.27. The monoisotopic (exact) mass is 465 g/mol. The minimum atomic E-state index is -0.868. The van der Waals surface area contributed by atoms with Gasteiger partial charge in [-0.15, -0.1) is 0 Å². The van der Waals surface area contributed by atoms with Gasteiger partial charge >= 0.3 is 0 Å². The van der Waals surface area contributed by atoms with E-state index < -0.39 is 12.2 Å². The van der Waals surface area contributed by atoms with E-state index in [0.29, 0.717) is 22.4 Å². The molecule has 1 rings (SSSR count). The second kappa shape index (κ2) is 8.09. The van der Waals surface area contributed by atoms with Gasteiger partial charge in [-0.05, 0) is 20.2 Å². The van der Waals surface area contributed by atoms with Crippen LogP contribution in [-0.2, 0) is 9.30 Å². The van der Waals surface area contributed by atoms with E-state index in [-0.39, 0.29) is 45.4 Å². The molecular formula is C5H10O4P3U-. The SMILES string of the molecule is O=PPPC[C@H]1O[CH-][C@H](O)[C@@H]1O.[U]. The third-order valence-electron chi connectivity index (χ3n) is 1.55. The van der Waals surface area contributed by atoms with Gasteiger partial charge in [0, 0.05) is 31.1 Å². The van der Waals surface area contributed by atoms with Gasteiger partial charge < -0.3 is 14.9 Å². The zero-order chi connectivity index (χ0) is 8.97. The Morgan fingerprint density at radius 3 is 2.69 bits per heavy atom. The third kappa shape index (κ3) is 4.96. The van der Waals surface area contributed by atoms with Crippen LogP contribution >= 0.6 is 24.4 Å². The third-order valence-corrected chi connectivity index (χ3v) is 6.01. The summed E-state index contributed by atoms with van der Waals surface area (Å²) < 4.78 is 15.1. The van der Waals surface area contributed by atoms with E-state index >= 15 is 0 Å². The van der Waals surface area contributed by atoms with Crippen LogP contribution in [0.5, 0.6) is 0 Å². The van der Waals surface area contributed by atoms with Crippen molar-refractivity contribution in [2.24, 2.45) is 0 Å². The summed E-state index contributed by atoms with van der Waals surface area (Å²) in [4.78, 5) is 0. The molecule has 4 nitrogen and oxygen atoms in total. The molecule has 1 heterocycles. The van der Waals surface area contributed by atoms with E-state index in [1.807, 2.05) is 0 Å². The summed E-state index contributed by atoms with van der Waals surface area (Å²) in [6, 6.07) is 0. The molecule has 8 heteroatoms. The number of aliphatic hydroxyl groups excluding tert-OH is 2. The van der Waals surface area contributed by atoms with Crippen LogP contribution in [0.3, 0.4) is 0 Å². The van der Waals surface area contributed by atoms with Crippen molar-refractivity contribution in [3.05, 3.63) is 6.61 Å². The maximum Gasteiger partial charge on any atom is 0.182 e. The average molecular weight is 465 g/mol. The Labute approximate surface area is 106 Å². The first-order valence-corrected chi connectivity index (χ1v) is 8.27. The van der Waals surface area contributed by atoms with Gasteiger partial charge in [0.15, 0.2) is 8.15 Å². The van der Waals surface area contributed by atoms with Crippen LogP contribution in [-0.4, -0.2) is 34.7 Å². The molecule has 1 saturated heterocycles. The maximum atomic E-state index is 10.1. The Balaban J connectivity index is 0.00000144. The van der Waals surface area contributed by atoms with E-state index in [4.69, 9.17) is 9.84 Å². The van der Waals surface area contributed by atoms with Crippen molar-refractivity contribution in [1.82, 2.24) is 0 Å². The Morgan fingerprint density at radius 2 is 2.23 bits per heavy atom. The van der Waals surface area contributed by atoms with E-state index in [9.17, 15) is 9.67 Å². The van der Waals surface area contributed by atoms with E-state index in [1.165, 1.54) is 6.61 Å². The van der Waals surface area contributed by atoms with Gasteiger partial charge in [-0.1, -0.05) is 8.27 Å². The van der Waals surface area contributed by atoms with Crippen molar-refractivity contribution < 1.29 is 50.6 Å². The largest absolute Gasteiger partial charge is 0.545 e. The minimum Gasteiger partial charge on any atom is -0.545 e. The van der Waals surface area contributed by atoms with Gasteiger partial charge in [0.25, 0.3) is 0 Å². The fourth-order valence-corrected chi connectivity index (χ4v) is 4.08. The fraction of sp³-hybridized carbons (Fsp3) is 0.800. The van der Waals surface area contributed by atoms with E-state index in [1.54, 1.807) is 0 Å². The smallest absolute Gasteiger partial charge is 0.182 e. The molecule has 0 aromatic heterocycles. The summed E-state index contributed by atoms with van der Waals surface area (Å²) in [5.41, 5.74) is 0. The van der Waals surface area contributed by atoms with Gasteiger partial charge in [-0.2, -0.15) is 6.61 Å². The molecule has 0 aromatic carbocycles. The molecule has 0 saturated carbocycles. The van der Waals surface area contributed by atoms with Crippen molar-refractivity contribution in [2.45, 2.75) is 18.3 Å². The second-order valence-corrected chi connectivity index (χ2v) is 7.84. The van der Waals surface area contributed by atoms with Gasteiger partial charge in [0.1, 0.15) is 0 Å². The molecule has 0 spiro atoms. The molecule has 1 fully saturated rings. The zero-order valence-electron chi connectivity index (χ0n) is 6.67. The molecule has 2 unspecified atom stereocenters. The van der Waals surface area contributed by atoms with E-state index in [0.717, 1.165) is 0 Å². The quantitative estimate of drug-likeness (QED) is 0.366. The zero-order valence-corrected chi connectivity index (χ0v) is 13.7. The topological polar surface area (TPSA) is 66.8 Å². The molecule has 1 aliphatic heterocycles.